The zero-order valence-corrected chi connectivity index (χ0v) is 23.6. The fraction of sp³-hybridized carbons (Fsp3) is 0. The van der Waals surface area contributed by atoms with Crippen molar-refractivity contribution in [1.29, 1.82) is 5.26 Å². The molecular formula is C38H20N6O. The third kappa shape index (κ3) is 4.36. The van der Waals surface area contributed by atoms with Crippen LogP contribution in [0.4, 0.5) is 5.69 Å². The molecule has 45 heavy (non-hydrogen) atoms. The molecule has 0 saturated carbocycles. The second-order valence-corrected chi connectivity index (χ2v) is 10.6. The number of aromatic nitrogens is 4. The summed E-state index contributed by atoms with van der Waals surface area (Å²) in [5, 5.41) is 13.8. The fourth-order valence-corrected chi connectivity index (χ4v) is 5.89. The Bertz CT molecular complexity index is 2500. The molecule has 5 aromatic heterocycles. The van der Waals surface area contributed by atoms with Crippen molar-refractivity contribution < 1.29 is 4.42 Å². The van der Waals surface area contributed by atoms with Crippen molar-refractivity contribution in [3.05, 3.63) is 139 Å². The van der Waals surface area contributed by atoms with Crippen LogP contribution in [-0.4, -0.2) is 19.9 Å². The van der Waals surface area contributed by atoms with Crippen LogP contribution >= 0.6 is 0 Å². The number of hydrogen-bond donors (Lipinski definition) is 0. The lowest BCUT2D eigenvalue weighted by molar-refractivity contribution is 0.669. The molecule has 0 aliphatic heterocycles. The van der Waals surface area contributed by atoms with Crippen LogP contribution in [0.25, 0.3) is 82.3 Å². The molecule has 208 valence electrons. The molecule has 7 heteroatoms. The Morgan fingerprint density at radius 1 is 0.622 bits per heavy atom. The van der Waals surface area contributed by atoms with Crippen molar-refractivity contribution in [2.75, 3.05) is 0 Å². The van der Waals surface area contributed by atoms with E-state index in [1.165, 1.54) is 0 Å². The fourth-order valence-electron chi connectivity index (χ4n) is 5.89. The summed E-state index contributed by atoms with van der Waals surface area (Å²) in [7, 11) is 0. The van der Waals surface area contributed by atoms with E-state index in [2.05, 4.69) is 62.3 Å². The van der Waals surface area contributed by atoms with Crippen molar-refractivity contribution in [3.63, 3.8) is 0 Å². The van der Waals surface area contributed by atoms with Crippen molar-refractivity contribution in [2.24, 2.45) is 0 Å². The van der Waals surface area contributed by atoms with E-state index in [4.69, 9.17) is 16.0 Å². The summed E-state index contributed by atoms with van der Waals surface area (Å²) in [5.41, 5.74) is 9.39. The summed E-state index contributed by atoms with van der Waals surface area (Å²) in [4.78, 5) is 21.0. The highest BCUT2D eigenvalue weighted by Gasteiger charge is 2.16. The third-order valence-electron chi connectivity index (χ3n) is 8.06. The van der Waals surface area contributed by atoms with Gasteiger partial charge in [-0.2, -0.15) is 5.26 Å². The highest BCUT2D eigenvalue weighted by atomic mass is 16.3. The van der Waals surface area contributed by atoms with Gasteiger partial charge in [0.2, 0.25) is 5.69 Å². The number of nitriles is 1. The van der Waals surface area contributed by atoms with E-state index in [1.807, 2.05) is 60.9 Å². The molecule has 0 bridgehead atoms. The van der Waals surface area contributed by atoms with Crippen LogP contribution in [0.15, 0.2) is 127 Å². The van der Waals surface area contributed by atoms with Crippen LogP contribution in [0.5, 0.6) is 0 Å². The SMILES string of the molecule is [C-]#[N+]c1cnccc1-c1ccc(-c2ccc3c(c2)oc2cc(-c4ccc(-c5ccncc5C#N)nc4)c4ccccc4c23)cn1. The van der Waals surface area contributed by atoms with Gasteiger partial charge in [-0.1, -0.05) is 42.5 Å². The Morgan fingerprint density at radius 2 is 1.33 bits per heavy atom. The number of hydrogen-bond acceptors (Lipinski definition) is 6. The summed E-state index contributed by atoms with van der Waals surface area (Å²) in [6.07, 6.45) is 10.1. The summed E-state index contributed by atoms with van der Waals surface area (Å²) in [6.45, 7) is 7.43. The average Bonchev–Trinajstić information content (AvgIpc) is 3.49. The topological polar surface area (TPSA) is 92.8 Å². The molecule has 0 amide bonds. The Hall–Kier alpha value is -6.70. The Morgan fingerprint density at radius 3 is 2.09 bits per heavy atom. The molecule has 0 unspecified atom stereocenters. The first-order valence-electron chi connectivity index (χ1n) is 14.2. The summed E-state index contributed by atoms with van der Waals surface area (Å²) >= 11 is 0. The zero-order valence-electron chi connectivity index (χ0n) is 23.6. The minimum Gasteiger partial charge on any atom is -0.456 e. The first kappa shape index (κ1) is 26.0. The van der Waals surface area contributed by atoms with Gasteiger partial charge >= 0.3 is 0 Å². The molecule has 0 atom stereocenters. The number of rotatable bonds is 4. The number of benzene rings is 3. The predicted molar refractivity (Wildman–Crippen MR) is 175 cm³/mol. The van der Waals surface area contributed by atoms with Crippen LogP contribution < -0.4 is 0 Å². The van der Waals surface area contributed by atoms with Crippen LogP contribution in [0, 0.1) is 17.9 Å². The van der Waals surface area contributed by atoms with Gasteiger partial charge in [0.25, 0.3) is 0 Å². The van der Waals surface area contributed by atoms with E-state index in [1.54, 1.807) is 24.8 Å². The monoisotopic (exact) mass is 576 g/mol. The molecule has 0 N–H and O–H groups in total. The first-order valence-corrected chi connectivity index (χ1v) is 14.2. The molecule has 0 radical (unpaired) electrons. The van der Waals surface area contributed by atoms with Gasteiger partial charge in [-0.25, -0.2) is 4.85 Å². The quantitative estimate of drug-likeness (QED) is 0.194. The largest absolute Gasteiger partial charge is 0.456 e. The van der Waals surface area contributed by atoms with Crippen molar-refractivity contribution >= 4 is 38.4 Å². The molecule has 0 aliphatic rings. The normalized spacial score (nSPS) is 11.1. The van der Waals surface area contributed by atoms with Gasteiger partial charge in [0, 0.05) is 70.2 Å². The van der Waals surface area contributed by atoms with E-state index >= 15 is 0 Å². The number of furan rings is 1. The van der Waals surface area contributed by atoms with Gasteiger partial charge in [-0.15, -0.1) is 0 Å². The number of pyridine rings is 4. The number of nitrogens with zero attached hydrogens (tertiary/aromatic N) is 6. The van der Waals surface area contributed by atoms with E-state index in [0.29, 0.717) is 11.3 Å². The molecule has 7 nitrogen and oxygen atoms in total. The molecule has 8 aromatic rings. The Balaban J connectivity index is 1.21. The predicted octanol–water partition coefficient (Wildman–Crippen LogP) is 9.41. The Labute approximate surface area is 257 Å². The zero-order chi connectivity index (χ0) is 30.3. The smallest absolute Gasteiger partial charge is 0.214 e. The van der Waals surface area contributed by atoms with E-state index in [9.17, 15) is 5.26 Å². The minimum atomic E-state index is 0.474. The van der Waals surface area contributed by atoms with Gasteiger partial charge in [-0.05, 0) is 64.4 Å². The highest BCUT2D eigenvalue weighted by Crippen LogP contribution is 2.41. The van der Waals surface area contributed by atoms with Gasteiger partial charge in [0.15, 0.2) is 0 Å². The molecule has 5 heterocycles. The van der Waals surface area contributed by atoms with Crippen molar-refractivity contribution in [3.8, 4) is 50.8 Å². The maximum absolute atomic E-state index is 9.50. The van der Waals surface area contributed by atoms with Gasteiger partial charge < -0.3 is 4.42 Å². The third-order valence-corrected chi connectivity index (χ3v) is 8.06. The van der Waals surface area contributed by atoms with E-state index < -0.39 is 0 Å². The lowest BCUT2D eigenvalue weighted by Gasteiger charge is -2.09. The van der Waals surface area contributed by atoms with E-state index in [-0.39, 0.29) is 0 Å². The van der Waals surface area contributed by atoms with Crippen molar-refractivity contribution in [2.45, 2.75) is 0 Å². The molecule has 0 spiro atoms. The van der Waals surface area contributed by atoms with Crippen LogP contribution in [0.3, 0.4) is 0 Å². The lowest BCUT2D eigenvalue weighted by atomic mass is 9.95. The average molecular weight is 577 g/mol. The second-order valence-electron chi connectivity index (χ2n) is 10.6. The first-order chi connectivity index (χ1) is 22.2. The minimum absolute atomic E-state index is 0.474. The van der Waals surface area contributed by atoms with Gasteiger partial charge in [0.05, 0.1) is 23.5 Å². The maximum atomic E-state index is 9.50. The number of fused-ring (bicyclic) bond motifs is 5. The molecule has 8 rings (SSSR count). The molecule has 0 aliphatic carbocycles. The van der Waals surface area contributed by atoms with Crippen LogP contribution in [0.1, 0.15) is 5.56 Å². The summed E-state index contributed by atoms with van der Waals surface area (Å²) in [5.74, 6) is 0. The lowest BCUT2D eigenvalue weighted by Crippen LogP contribution is -1.90. The summed E-state index contributed by atoms with van der Waals surface area (Å²) in [6, 6.07) is 30.4. The van der Waals surface area contributed by atoms with Crippen LogP contribution in [0.2, 0.25) is 0 Å². The maximum Gasteiger partial charge on any atom is 0.214 e. The molecule has 0 fully saturated rings. The van der Waals surface area contributed by atoms with Crippen LogP contribution in [-0.2, 0) is 0 Å². The second kappa shape index (κ2) is 10.5. The molecule has 3 aromatic carbocycles. The van der Waals surface area contributed by atoms with Crippen molar-refractivity contribution in [1.82, 2.24) is 19.9 Å². The Kier molecular flexibility index (Phi) is 6.08. The summed E-state index contributed by atoms with van der Waals surface area (Å²) < 4.78 is 6.51. The standard InChI is InChI=1S/C38H20N6O/c1-40-35-22-42-15-13-30(35)34-10-7-24(20-43-34)23-6-9-31-36(16-23)45-37-17-32(28-4-2-3-5-29(28)38(31)37)25-8-11-33(44-21-25)27-12-14-41-19-26(27)18-39/h2-17,19-22H. The van der Waals surface area contributed by atoms with E-state index in [0.717, 1.165) is 77.5 Å². The molecular weight excluding hydrogens is 556 g/mol. The van der Waals surface area contributed by atoms with Gasteiger partial charge in [-0.3, -0.25) is 19.9 Å². The van der Waals surface area contributed by atoms with Gasteiger partial charge in [0.1, 0.15) is 17.2 Å². The molecule has 0 saturated heterocycles. The highest BCUT2D eigenvalue weighted by molar-refractivity contribution is 6.22.